The Morgan fingerprint density at radius 3 is 2.29 bits per heavy atom. The van der Waals surface area contributed by atoms with Gasteiger partial charge in [-0.2, -0.15) is 0 Å². The number of hydrogen-bond acceptors (Lipinski definition) is 4. The highest BCUT2D eigenvalue weighted by Gasteiger charge is 2.16. The summed E-state index contributed by atoms with van der Waals surface area (Å²) < 4.78 is 5.18. The van der Waals surface area contributed by atoms with Crippen LogP contribution in [0.1, 0.15) is 32.6 Å². The normalized spacial score (nSPS) is 20.4. The zero-order valence-corrected chi connectivity index (χ0v) is 11.5. The van der Waals surface area contributed by atoms with Crippen molar-refractivity contribution in [2.75, 3.05) is 13.2 Å². The fourth-order valence-electron chi connectivity index (χ4n) is 1.41. The molecule has 0 bridgehead atoms. The molecular weight excluding hydrogens is 265 g/mol. The highest BCUT2D eigenvalue weighted by Crippen LogP contribution is 2.13. The van der Waals surface area contributed by atoms with E-state index in [0.29, 0.717) is 19.1 Å². The van der Waals surface area contributed by atoms with Crippen molar-refractivity contribution in [1.82, 2.24) is 0 Å². The van der Waals surface area contributed by atoms with Gasteiger partial charge in [-0.15, -0.1) is 0 Å². The second-order valence-electron chi connectivity index (χ2n) is 3.84. The quantitative estimate of drug-likeness (QED) is 0.784. The largest absolute Gasteiger partial charge is 0.377 e. The van der Waals surface area contributed by atoms with E-state index in [0.717, 1.165) is 13.0 Å². The Balaban J connectivity index is 0.000000318. The summed E-state index contributed by atoms with van der Waals surface area (Å²) in [6.45, 7) is 3.40. The molecule has 2 unspecified atom stereocenters. The minimum Gasteiger partial charge on any atom is -0.377 e. The van der Waals surface area contributed by atoms with Gasteiger partial charge in [0.05, 0.1) is 6.10 Å². The molecule has 6 heteroatoms. The molecule has 0 aromatic rings. The lowest BCUT2D eigenvalue weighted by molar-refractivity contribution is -0.119. The first-order chi connectivity index (χ1) is 8.01. The van der Waals surface area contributed by atoms with Crippen molar-refractivity contribution in [2.24, 2.45) is 11.7 Å². The Bertz CT molecular complexity index is 243. The zero-order chi connectivity index (χ0) is 13.3. The highest BCUT2D eigenvalue weighted by atomic mass is 35.5. The summed E-state index contributed by atoms with van der Waals surface area (Å²) in [5, 5.41) is -1.00. The van der Waals surface area contributed by atoms with Crippen LogP contribution >= 0.6 is 23.2 Å². The van der Waals surface area contributed by atoms with E-state index in [1.807, 2.05) is 0 Å². The van der Waals surface area contributed by atoms with Crippen LogP contribution in [0.15, 0.2) is 0 Å². The van der Waals surface area contributed by atoms with Gasteiger partial charge in [0.1, 0.15) is 0 Å². The fourth-order valence-corrected chi connectivity index (χ4v) is 1.83. The topological polar surface area (TPSA) is 69.4 Å². The molecule has 0 radical (unpaired) electrons. The van der Waals surface area contributed by atoms with E-state index in [2.05, 4.69) is 0 Å². The lowest BCUT2D eigenvalue weighted by Crippen LogP contribution is -2.17. The van der Waals surface area contributed by atoms with Gasteiger partial charge in [0.25, 0.3) is 0 Å². The van der Waals surface area contributed by atoms with E-state index >= 15 is 0 Å². The van der Waals surface area contributed by atoms with Crippen LogP contribution in [0, 0.1) is 5.92 Å². The van der Waals surface area contributed by atoms with Crippen molar-refractivity contribution < 1.29 is 14.3 Å². The van der Waals surface area contributed by atoms with E-state index in [9.17, 15) is 9.59 Å². The number of ether oxygens (including phenoxy) is 1. The van der Waals surface area contributed by atoms with Crippen molar-refractivity contribution >= 4 is 33.7 Å². The molecule has 0 aromatic heterocycles. The van der Waals surface area contributed by atoms with Crippen LogP contribution in [0.2, 0.25) is 0 Å². The third-order valence-corrected chi connectivity index (χ3v) is 2.97. The molecule has 1 aliphatic rings. The third kappa shape index (κ3) is 8.55. The van der Waals surface area contributed by atoms with Crippen LogP contribution in [0.3, 0.4) is 0 Å². The van der Waals surface area contributed by atoms with Gasteiger partial charge < -0.3 is 10.5 Å². The summed E-state index contributed by atoms with van der Waals surface area (Å²) in [4.78, 5) is 20.7. The molecule has 0 aromatic carbocycles. The molecule has 2 atom stereocenters. The summed E-state index contributed by atoms with van der Waals surface area (Å²) in [6.07, 6.45) is 3.33. The van der Waals surface area contributed by atoms with Gasteiger partial charge in [-0.3, -0.25) is 9.59 Å². The third-order valence-electron chi connectivity index (χ3n) is 2.51. The van der Waals surface area contributed by atoms with Crippen LogP contribution in [0.25, 0.3) is 0 Å². The second kappa shape index (κ2) is 9.83. The van der Waals surface area contributed by atoms with Gasteiger partial charge in [0.15, 0.2) is 0 Å². The summed E-state index contributed by atoms with van der Waals surface area (Å²) in [7, 11) is 0. The first-order valence-corrected chi connectivity index (χ1v) is 6.46. The van der Waals surface area contributed by atoms with E-state index in [4.69, 9.17) is 33.7 Å². The fraction of sp³-hybridized carbons (Fsp3) is 0.818. The first kappa shape index (κ1) is 16.8. The van der Waals surface area contributed by atoms with E-state index in [1.165, 1.54) is 6.42 Å². The zero-order valence-electron chi connectivity index (χ0n) is 9.96. The molecule has 0 aliphatic carbocycles. The lowest BCUT2D eigenvalue weighted by atomic mass is 10.1. The Morgan fingerprint density at radius 1 is 1.47 bits per heavy atom. The van der Waals surface area contributed by atoms with Crippen molar-refractivity contribution in [2.45, 2.75) is 38.7 Å². The van der Waals surface area contributed by atoms with Crippen molar-refractivity contribution in [3.8, 4) is 0 Å². The highest BCUT2D eigenvalue weighted by molar-refractivity contribution is 6.66. The van der Waals surface area contributed by atoms with E-state index < -0.39 is 16.4 Å². The molecule has 0 spiro atoms. The van der Waals surface area contributed by atoms with Gasteiger partial charge in [-0.1, -0.05) is 6.92 Å². The molecule has 1 saturated heterocycles. The summed E-state index contributed by atoms with van der Waals surface area (Å²) in [6, 6.07) is 0. The number of carbonyl (C=O) groups is 2. The molecule has 17 heavy (non-hydrogen) atoms. The number of nitrogens with two attached hydrogens (primary N) is 1. The van der Waals surface area contributed by atoms with E-state index in [1.54, 1.807) is 6.92 Å². The minimum atomic E-state index is -0.513. The Hall–Kier alpha value is -0.160. The van der Waals surface area contributed by atoms with Gasteiger partial charge in [0, 0.05) is 25.5 Å². The molecule has 0 amide bonds. The molecule has 1 fully saturated rings. The molecule has 100 valence electrons. The maximum absolute atomic E-state index is 10.5. The Labute approximate surface area is 112 Å². The second-order valence-corrected chi connectivity index (χ2v) is 4.63. The van der Waals surface area contributed by atoms with Crippen molar-refractivity contribution in [1.29, 1.82) is 0 Å². The average molecular weight is 284 g/mol. The summed E-state index contributed by atoms with van der Waals surface area (Å²) in [5.41, 5.74) is 5.31. The van der Waals surface area contributed by atoms with Crippen LogP contribution in [0.4, 0.5) is 0 Å². The number of halogens is 2. The predicted molar refractivity (Wildman–Crippen MR) is 68.1 cm³/mol. The van der Waals surface area contributed by atoms with Gasteiger partial charge in [-0.05, 0) is 42.5 Å². The van der Waals surface area contributed by atoms with Crippen LogP contribution in [-0.4, -0.2) is 29.7 Å². The smallest absolute Gasteiger partial charge is 0.225 e. The van der Waals surface area contributed by atoms with Crippen molar-refractivity contribution in [3.63, 3.8) is 0 Å². The summed E-state index contributed by atoms with van der Waals surface area (Å²) in [5.74, 6) is -0.410. The van der Waals surface area contributed by atoms with Gasteiger partial charge in [-0.25, -0.2) is 0 Å². The van der Waals surface area contributed by atoms with Crippen LogP contribution in [0.5, 0.6) is 0 Å². The Kier molecular flexibility index (Phi) is 9.74. The molecule has 0 saturated carbocycles. The predicted octanol–water partition coefficient (Wildman–Crippen LogP) is 2.06. The monoisotopic (exact) mass is 283 g/mol. The standard InChI is InChI=1S/C6H8Cl2O2.C5H11NO/c1-2-4(6(8)10)3-5(7)9;6-4-5-2-1-3-7-5/h4H,2-3H2,1H3;5H,1-4,6H2. The van der Waals surface area contributed by atoms with E-state index in [-0.39, 0.29) is 6.42 Å². The number of hydrogen-bond donors (Lipinski definition) is 1. The van der Waals surface area contributed by atoms with Gasteiger partial charge in [0.2, 0.25) is 10.5 Å². The summed E-state index contributed by atoms with van der Waals surface area (Å²) >= 11 is 10.2. The molecule has 4 nitrogen and oxygen atoms in total. The number of rotatable bonds is 5. The molecule has 1 aliphatic heterocycles. The SMILES string of the molecule is CCC(CC(=O)Cl)C(=O)Cl.NCC1CCCO1. The minimum absolute atomic E-state index is 0.0421. The molecule has 1 rings (SSSR count). The molecular formula is C11H19Cl2NO3. The maximum Gasteiger partial charge on any atom is 0.225 e. The first-order valence-electron chi connectivity index (χ1n) is 5.70. The average Bonchev–Trinajstić information content (AvgIpc) is 2.78. The van der Waals surface area contributed by atoms with Gasteiger partial charge >= 0.3 is 0 Å². The van der Waals surface area contributed by atoms with Crippen LogP contribution < -0.4 is 5.73 Å². The maximum atomic E-state index is 10.5. The molecule has 2 N–H and O–H groups in total. The molecule has 1 heterocycles. The Morgan fingerprint density at radius 2 is 2.12 bits per heavy atom. The van der Waals surface area contributed by atoms with Crippen molar-refractivity contribution in [3.05, 3.63) is 0 Å². The van der Waals surface area contributed by atoms with Crippen LogP contribution in [-0.2, 0) is 14.3 Å². The lowest BCUT2D eigenvalue weighted by Gasteiger charge is -2.03. The number of carbonyl (C=O) groups excluding carboxylic acids is 2.